The van der Waals surface area contributed by atoms with Crippen molar-refractivity contribution in [2.75, 3.05) is 0 Å². The van der Waals surface area contributed by atoms with Gasteiger partial charge in [0.1, 0.15) is 5.76 Å². The second-order valence-corrected chi connectivity index (χ2v) is 4.42. The van der Waals surface area contributed by atoms with Crippen LogP contribution in [-0.4, -0.2) is 4.98 Å². The first-order chi connectivity index (χ1) is 7.27. The molecule has 2 aromatic rings. The standard InChI is InChI=1S/C11H14N2OS/c1-8(10-4-3-5-14-10)12-6-11-9(2)13-7-15-11/h3-5,7-8,12H,6H2,1-2H3/t8-/m0/s1. The fourth-order valence-electron chi connectivity index (χ4n) is 1.38. The third-order valence-electron chi connectivity index (χ3n) is 2.38. The number of furan rings is 1. The molecule has 1 atom stereocenters. The van der Waals surface area contributed by atoms with Gasteiger partial charge in [0.25, 0.3) is 0 Å². The molecule has 0 bridgehead atoms. The van der Waals surface area contributed by atoms with E-state index in [9.17, 15) is 0 Å². The fourth-order valence-corrected chi connectivity index (χ4v) is 2.11. The van der Waals surface area contributed by atoms with Crippen molar-refractivity contribution in [3.8, 4) is 0 Å². The maximum absolute atomic E-state index is 5.32. The maximum Gasteiger partial charge on any atom is 0.120 e. The Balaban J connectivity index is 1.91. The Morgan fingerprint density at radius 1 is 1.60 bits per heavy atom. The molecule has 2 rings (SSSR count). The van der Waals surface area contributed by atoms with Gasteiger partial charge >= 0.3 is 0 Å². The number of rotatable bonds is 4. The van der Waals surface area contributed by atoms with Crippen molar-refractivity contribution in [1.82, 2.24) is 10.3 Å². The van der Waals surface area contributed by atoms with Crippen LogP contribution in [0, 0.1) is 6.92 Å². The molecule has 2 aromatic heterocycles. The molecule has 15 heavy (non-hydrogen) atoms. The Labute approximate surface area is 93.2 Å². The van der Waals surface area contributed by atoms with Crippen molar-refractivity contribution in [2.45, 2.75) is 26.4 Å². The van der Waals surface area contributed by atoms with Gasteiger partial charge in [0.15, 0.2) is 0 Å². The first kappa shape index (κ1) is 10.4. The van der Waals surface area contributed by atoms with Crippen molar-refractivity contribution in [1.29, 1.82) is 0 Å². The lowest BCUT2D eigenvalue weighted by Gasteiger charge is -2.10. The van der Waals surface area contributed by atoms with Crippen LogP contribution in [0.15, 0.2) is 28.3 Å². The van der Waals surface area contributed by atoms with Gasteiger partial charge in [0, 0.05) is 11.4 Å². The predicted molar refractivity (Wildman–Crippen MR) is 60.8 cm³/mol. The lowest BCUT2D eigenvalue weighted by atomic mass is 10.2. The molecule has 80 valence electrons. The highest BCUT2D eigenvalue weighted by molar-refractivity contribution is 7.09. The van der Waals surface area contributed by atoms with E-state index >= 15 is 0 Å². The number of hydrogen-bond acceptors (Lipinski definition) is 4. The molecule has 0 aliphatic carbocycles. The Hall–Kier alpha value is -1.13. The summed E-state index contributed by atoms with van der Waals surface area (Å²) in [7, 11) is 0. The predicted octanol–water partition coefficient (Wildman–Crippen LogP) is 2.90. The SMILES string of the molecule is Cc1ncsc1CN[C@@H](C)c1ccco1. The zero-order valence-corrected chi connectivity index (χ0v) is 9.67. The van der Waals surface area contributed by atoms with E-state index in [1.807, 2.05) is 24.6 Å². The molecule has 0 aromatic carbocycles. The Kier molecular flexibility index (Phi) is 3.18. The number of hydrogen-bond donors (Lipinski definition) is 1. The van der Waals surface area contributed by atoms with E-state index in [2.05, 4.69) is 17.2 Å². The third-order valence-corrected chi connectivity index (χ3v) is 3.32. The van der Waals surface area contributed by atoms with E-state index < -0.39 is 0 Å². The van der Waals surface area contributed by atoms with Crippen LogP contribution >= 0.6 is 11.3 Å². The summed E-state index contributed by atoms with van der Waals surface area (Å²) < 4.78 is 5.32. The number of thiazole rings is 1. The van der Waals surface area contributed by atoms with E-state index in [0.717, 1.165) is 18.0 Å². The highest BCUT2D eigenvalue weighted by Gasteiger charge is 2.08. The van der Waals surface area contributed by atoms with Gasteiger partial charge in [-0.05, 0) is 26.0 Å². The summed E-state index contributed by atoms with van der Waals surface area (Å²) in [6.45, 7) is 4.97. The minimum Gasteiger partial charge on any atom is -0.468 e. The smallest absolute Gasteiger partial charge is 0.120 e. The molecular weight excluding hydrogens is 208 g/mol. The number of nitrogens with one attached hydrogen (secondary N) is 1. The summed E-state index contributed by atoms with van der Waals surface area (Å²) in [4.78, 5) is 5.50. The Morgan fingerprint density at radius 2 is 2.47 bits per heavy atom. The number of aryl methyl sites for hydroxylation is 1. The largest absolute Gasteiger partial charge is 0.468 e. The Bertz CT molecular complexity index is 408. The topological polar surface area (TPSA) is 38.1 Å². The van der Waals surface area contributed by atoms with Crippen molar-refractivity contribution in [2.24, 2.45) is 0 Å². The first-order valence-electron chi connectivity index (χ1n) is 4.93. The molecule has 3 nitrogen and oxygen atoms in total. The van der Waals surface area contributed by atoms with E-state index in [-0.39, 0.29) is 6.04 Å². The highest BCUT2D eigenvalue weighted by atomic mass is 32.1. The normalized spacial score (nSPS) is 12.9. The second-order valence-electron chi connectivity index (χ2n) is 3.48. The average Bonchev–Trinajstić information content (AvgIpc) is 2.85. The van der Waals surface area contributed by atoms with Crippen LogP contribution in [0.25, 0.3) is 0 Å². The summed E-state index contributed by atoms with van der Waals surface area (Å²) in [5.74, 6) is 0.970. The van der Waals surface area contributed by atoms with E-state index in [4.69, 9.17) is 4.42 Å². The van der Waals surface area contributed by atoms with Crippen LogP contribution in [0.1, 0.15) is 29.3 Å². The molecular formula is C11H14N2OS. The highest BCUT2D eigenvalue weighted by Crippen LogP contribution is 2.16. The summed E-state index contributed by atoms with van der Waals surface area (Å²) in [5, 5.41) is 3.40. The molecule has 0 saturated carbocycles. The van der Waals surface area contributed by atoms with Crippen LogP contribution in [0.3, 0.4) is 0 Å². The average molecular weight is 222 g/mol. The van der Waals surface area contributed by atoms with Gasteiger partial charge in [-0.3, -0.25) is 0 Å². The monoisotopic (exact) mass is 222 g/mol. The van der Waals surface area contributed by atoms with Crippen LogP contribution < -0.4 is 5.32 Å². The van der Waals surface area contributed by atoms with Gasteiger partial charge in [-0.25, -0.2) is 4.98 Å². The zero-order chi connectivity index (χ0) is 10.7. The van der Waals surface area contributed by atoms with Crippen LogP contribution in [0.4, 0.5) is 0 Å². The molecule has 1 N–H and O–H groups in total. The molecule has 0 fully saturated rings. The summed E-state index contributed by atoms with van der Waals surface area (Å²) >= 11 is 1.68. The summed E-state index contributed by atoms with van der Waals surface area (Å²) in [6.07, 6.45) is 1.70. The molecule has 0 amide bonds. The molecule has 2 heterocycles. The molecule has 0 radical (unpaired) electrons. The lowest BCUT2D eigenvalue weighted by Crippen LogP contribution is -2.17. The molecule has 4 heteroatoms. The van der Waals surface area contributed by atoms with Crippen molar-refractivity contribution < 1.29 is 4.42 Å². The van der Waals surface area contributed by atoms with Crippen LogP contribution in [-0.2, 0) is 6.54 Å². The summed E-state index contributed by atoms with van der Waals surface area (Å²) in [6, 6.07) is 4.13. The molecule has 0 unspecified atom stereocenters. The second kappa shape index (κ2) is 4.59. The van der Waals surface area contributed by atoms with Gasteiger partial charge in [0.2, 0.25) is 0 Å². The summed E-state index contributed by atoms with van der Waals surface area (Å²) in [5.41, 5.74) is 2.99. The first-order valence-corrected chi connectivity index (χ1v) is 5.81. The maximum atomic E-state index is 5.32. The zero-order valence-electron chi connectivity index (χ0n) is 8.86. The molecule has 0 spiro atoms. The number of nitrogens with zero attached hydrogens (tertiary/aromatic N) is 1. The van der Waals surface area contributed by atoms with Gasteiger partial charge in [-0.15, -0.1) is 11.3 Å². The van der Waals surface area contributed by atoms with Crippen molar-refractivity contribution in [3.63, 3.8) is 0 Å². The van der Waals surface area contributed by atoms with Gasteiger partial charge in [-0.1, -0.05) is 0 Å². The minimum absolute atomic E-state index is 0.238. The van der Waals surface area contributed by atoms with Crippen molar-refractivity contribution in [3.05, 3.63) is 40.2 Å². The van der Waals surface area contributed by atoms with Gasteiger partial charge in [-0.2, -0.15) is 0 Å². The molecule has 0 aliphatic heterocycles. The molecule has 0 aliphatic rings. The quantitative estimate of drug-likeness (QED) is 0.864. The van der Waals surface area contributed by atoms with E-state index in [1.54, 1.807) is 17.6 Å². The lowest BCUT2D eigenvalue weighted by molar-refractivity contribution is 0.431. The van der Waals surface area contributed by atoms with E-state index in [0.29, 0.717) is 0 Å². The minimum atomic E-state index is 0.238. The van der Waals surface area contributed by atoms with Gasteiger partial charge < -0.3 is 9.73 Å². The third kappa shape index (κ3) is 2.46. The van der Waals surface area contributed by atoms with Crippen LogP contribution in [0.5, 0.6) is 0 Å². The fraction of sp³-hybridized carbons (Fsp3) is 0.364. The van der Waals surface area contributed by atoms with E-state index in [1.165, 1.54) is 4.88 Å². The van der Waals surface area contributed by atoms with Gasteiger partial charge in [0.05, 0.1) is 23.5 Å². The Morgan fingerprint density at radius 3 is 3.07 bits per heavy atom. The number of aromatic nitrogens is 1. The molecule has 0 saturated heterocycles. The van der Waals surface area contributed by atoms with Crippen molar-refractivity contribution >= 4 is 11.3 Å². The van der Waals surface area contributed by atoms with Crippen LogP contribution in [0.2, 0.25) is 0 Å².